The van der Waals surface area contributed by atoms with Gasteiger partial charge < -0.3 is 12.9 Å². The maximum absolute atomic E-state index is 12.6. The van der Waals surface area contributed by atoms with Crippen molar-refractivity contribution in [2.45, 2.75) is 6.42 Å². The van der Waals surface area contributed by atoms with Crippen molar-refractivity contribution in [1.29, 1.82) is 0 Å². The first kappa shape index (κ1) is 11.8. The molecule has 0 atom stereocenters. The molecule has 0 unspecified atom stereocenters. The molecule has 2 aromatic carbocycles. The van der Waals surface area contributed by atoms with Crippen LogP contribution in [0.15, 0.2) is 54.6 Å². The van der Waals surface area contributed by atoms with Crippen LogP contribution in [-0.4, -0.2) is 6.98 Å². The molecule has 0 fully saturated rings. The Hall–Kier alpha value is -1.71. The minimum Gasteiger partial charge on any atom is -0.445 e. The first-order valence-electron chi connectivity index (χ1n) is 5.38. The van der Waals surface area contributed by atoms with Crippen LogP contribution < -0.4 is 5.46 Å². The summed E-state index contributed by atoms with van der Waals surface area (Å²) in [5.74, 6) is 0. The van der Waals surface area contributed by atoms with E-state index in [4.69, 9.17) is 0 Å². The Bertz CT molecular complexity index is 492. The molecule has 0 aromatic heterocycles. The van der Waals surface area contributed by atoms with Crippen LogP contribution in [0.25, 0.3) is 0 Å². The van der Waals surface area contributed by atoms with Crippen molar-refractivity contribution >= 4 is 12.4 Å². The molecule has 0 saturated heterocycles. The van der Waals surface area contributed by atoms with Gasteiger partial charge in [-0.3, -0.25) is 0 Å². The summed E-state index contributed by atoms with van der Waals surface area (Å²) in [4.78, 5) is 0. The molecule has 0 radical (unpaired) electrons. The highest BCUT2D eigenvalue weighted by Gasteiger charge is 2.25. The zero-order valence-corrected chi connectivity index (χ0v) is 9.11. The Morgan fingerprint density at radius 3 is 2.06 bits per heavy atom. The zero-order valence-electron chi connectivity index (χ0n) is 9.11. The van der Waals surface area contributed by atoms with E-state index >= 15 is 0 Å². The van der Waals surface area contributed by atoms with Crippen molar-refractivity contribution in [3.63, 3.8) is 0 Å². The highest BCUT2D eigenvalue weighted by Crippen LogP contribution is 2.12. The van der Waals surface area contributed by atoms with Crippen LogP contribution in [0, 0.1) is 0 Å². The summed E-state index contributed by atoms with van der Waals surface area (Å²) in [7, 11) is 0. The fourth-order valence-corrected chi connectivity index (χ4v) is 1.74. The van der Waals surface area contributed by atoms with Crippen molar-refractivity contribution < 1.29 is 12.9 Å². The highest BCUT2D eigenvalue weighted by molar-refractivity contribution is 6.73. The third kappa shape index (κ3) is 3.13. The first-order chi connectivity index (χ1) is 8.05. The van der Waals surface area contributed by atoms with Gasteiger partial charge in [0.05, 0.1) is 0 Å². The van der Waals surface area contributed by atoms with Crippen LogP contribution in [0.4, 0.5) is 12.9 Å². The minimum absolute atomic E-state index is 0.529. The van der Waals surface area contributed by atoms with Crippen molar-refractivity contribution in [1.82, 2.24) is 0 Å². The number of halogens is 3. The second-order valence-corrected chi connectivity index (χ2v) is 3.98. The predicted molar refractivity (Wildman–Crippen MR) is 64.4 cm³/mol. The molecule has 88 valence electrons. The minimum atomic E-state index is -4.91. The van der Waals surface area contributed by atoms with Crippen LogP contribution in [0.1, 0.15) is 11.1 Å². The molecule has 0 amide bonds. The molecule has 0 saturated carbocycles. The third-order valence-corrected chi connectivity index (χ3v) is 2.58. The Balaban J connectivity index is 2.23. The van der Waals surface area contributed by atoms with Crippen molar-refractivity contribution in [2.24, 2.45) is 0 Å². The number of hydrogen-bond donors (Lipinski definition) is 0. The maximum atomic E-state index is 12.6. The van der Waals surface area contributed by atoms with E-state index in [-0.39, 0.29) is 0 Å². The highest BCUT2D eigenvalue weighted by atomic mass is 19.4. The molecular weight excluding hydrogens is 224 g/mol. The Morgan fingerprint density at radius 2 is 1.41 bits per heavy atom. The van der Waals surface area contributed by atoms with E-state index in [9.17, 15) is 12.9 Å². The summed E-state index contributed by atoms with van der Waals surface area (Å²) in [5, 5.41) is 0. The SMILES string of the molecule is F[B-](F)(F)c1cccc(Cc2ccccc2)c1. The van der Waals surface area contributed by atoms with Gasteiger partial charge in [0.1, 0.15) is 0 Å². The Morgan fingerprint density at radius 1 is 0.765 bits per heavy atom. The van der Waals surface area contributed by atoms with Gasteiger partial charge >= 0.3 is 6.98 Å². The van der Waals surface area contributed by atoms with E-state index in [1.165, 1.54) is 12.1 Å². The molecule has 17 heavy (non-hydrogen) atoms. The van der Waals surface area contributed by atoms with Gasteiger partial charge in [0.2, 0.25) is 0 Å². The van der Waals surface area contributed by atoms with Gasteiger partial charge in [0, 0.05) is 0 Å². The van der Waals surface area contributed by atoms with E-state index in [0.29, 0.717) is 12.0 Å². The van der Waals surface area contributed by atoms with Gasteiger partial charge in [-0.05, 0) is 17.5 Å². The van der Waals surface area contributed by atoms with Gasteiger partial charge in [-0.2, -0.15) is 0 Å². The largest absolute Gasteiger partial charge is 0.509 e. The van der Waals surface area contributed by atoms with E-state index < -0.39 is 12.4 Å². The van der Waals surface area contributed by atoms with Crippen LogP contribution in [0.2, 0.25) is 0 Å². The van der Waals surface area contributed by atoms with Crippen LogP contribution in [-0.2, 0) is 6.42 Å². The van der Waals surface area contributed by atoms with Gasteiger partial charge in [-0.1, -0.05) is 54.6 Å². The van der Waals surface area contributed by atoms with Crippen LogP contribution in [0.5, 0.6) is 0 Å². The Kier molecular flexibility index (Phi) is 3.22. The number of benzene rings is 2. The fraction of sp³-hybridized carbons (Fsp3) is 0.0769. The standard InChI is InChI=1S/C13H11BF3/c15-14(16,17)13-8-4-7-12(10-13)9-11-5-2-1-3-6-11/h1-8,10H,9H2/q-1. The molecule has 0 bridgehead atoms. The molecule has 4 heteroatoms. The quantitative estimate of drug-likeness (QED) is 0.715. The second kappa shape index (κ2) is 4.66. The summed E-state index contributed by atoms with van der Waals surface area (Å²) in [6.45, 7) is -4.91. The lowest BCUT2D eigenvalue weighted by molar-refractivity contribution is 0.501. The molecule has 0 N–H and O–H groups in total. The summed E-state index contributed by atoms with van der Waals surface area (Å²) < 4.78 is 37.7. The lowest BCUT2D eigenvalue weighted by atomic mass is 9.79. The van der Waals surface area contributed by atoms with E-state index in [1.54, 1.807) is 6.07 Å². The fourth-order valence-electron chi connectivity index (χ4n) is 1.74. The van der Waals surface area contributed by atoms with Gasteiger partial charge in [-0.15, -0.1) is 5.46 Å². The monoisotopic (exact) mass is 235 g/mol. The van der Waals surface area contributed by atoms with E-state index in [0.717, 1.165) is 11.6 Å². The molecule has 0 aliphatic rings. The summed E-state index contributed by atoms with van der Waals surface area (Å²) >= 11 is 0. The maximum Gasteiger partial charge on any atom is 0.509 e. The zero-order chi connectivity index (χ0) is 12.3. The van der Waals surface area contributed by atoms with Crippen LogP contribution in [0.3, 0.4) is 0 Å². The van der Waals surface area contributed by atoms with Crippen molar-refractivity contribution in [2.75, 3.05) is 0 Å². The third-order valence-electron chi connectivity index (χ3n) is 2.58. The average Bonchev–Trinajstić information content (AvgIpc) is 2.29. The molecule has 0 heterocycles. The molecule has 0 spiro atoms. The summed E-state index contributed by atoms with van der Waals surface area (Å²) in [6, 6.07) is 15.0. The van der Waals surface area contributed by atoms with Gasteiger partial charge in [-0.25, -0.2) is 0 Å². The molecule has 2 aromatic rings. The summed E-state index contributed by atoms with van der Waals surface area (Å²) in [5.41, 5.74) is 1.17. The molecule has 0 nitrogen and oxygen atoms in total. The van der Waals surface area contributed by atoms with Crippen LogP contribution >= 0.6 is 0 Å². The lowest BCUT2D eigenvalue weighted by Crippen LogP contribution is -2.34. The topological polar surface area (TPSA) is 0 Å². The van der Waals surface area contributed by atoms with Crippen molar-refractivity contribution in [3.8, 4) is 0 Å². The lowest BCUT2D eigenvalue weighted by Gasteiger charge is -2.15. The smallest absolute Gasteiger partial charge is 0.445 e. The number of hydrogen-bond acceptors (Lipinski definition) is 0. The molecule has 2 rings (SSSR count). The predicted octanol–water partition coefficient (Wildman–Crippen LogP) is 3.33. The van der Waals surface area contributed by atoms with Gasteiger partial charge in [0.15, 0.2) is 0 Å². The van der Waals surface area contributed by atoms with Crippen molar-refractivity contribution in [3.05, 3.63) is 65.7 Å². The molecule has 0 aliphatic heterocycles. The molecular formula is C13H11BF3-. The average molecular weight is 235 g/mol. The summed E-state index contributed by atoms with van der Waals surface area (Å²) in [6.07, 6.45) is 0.529. The van der Waals surface area contributed by atoms with E-state index in [2.05, 4.69) is 0 Å². The molecule has 0 aliphatic carbocycles. The normalized spacial score (nSPS) is 11.5. The van der Waals surface area contributed by atoms with Gasteiger partial charge in [0.25, 0.3) is 0 Å². The van der Waals surface area contributed by atoms with E-state index in [1.807, 2.05) is 30.3 Å². The Labute approximate surface area is 98.2 Å². The number of rotatable bonds is 3. The first-order valence-corrected chi connectivity index (χ1v) is 5.38. The second-order valence-electron chi connectivity index (χ2n) is 3.98.